The van der Waals surface area contributed by atoms with Crippen LogP contribution in [-0.4, -0.2) is 23.1 Å². The molecule has 3 nitrogen and oxygen atoms in total. The second-order valence-corrected chi connectivity index (χ2v) is 7.34. The number of carbonyl (C=O) groups excluding carboxylic acids is 1. The molecule has 1 heterocycles. The quantitative estimate of drug-likeness (QED) is 0.442. The van der Waals surface area contributed by atoms with Crippen molar-refractivity contribution < 1.29 is 9.53 Å². The lowest BCUT2D eigenvalue weighted by molar-refractivity contribution is 0.0497. The second-order valence-electron chi connectivity index (χ2n) is 7.34. The molecule has 3 heteroatoms. The van der Waals surface area contributed by atoms with E-state index in [1.165, 1.54) is 31.3 Å². The lowest BCUT2D eigenvalue weighted by Crippen LogP contribution is -2.49. The third kappa shape index (κ3) is 6.22. The fourth-order valence-corrected chi connectivity index (χ4v) is 3.65. The first kappa shape index (κ1) is 19.6. The summed E-state index contributed by atoms with van der Waals surface area (Å²) in [5.74, 6) is 0. The van der Waals surface area contributed by atoms with Crippen LogP contribution in [0.1, 0.15) is 71.3 Å². The van der Waals surface area contributed by atoms with E-state index in [1.54, 1.807) is 0 Å². The maximum atomic E-state index is 12.9. The molecule has 1 fully saturated rings. The maximum absolute atomic E-state index is 12.9. The molecule has 0 bridgehead atoms. The van der Waals surface area contributed by atoms with Crippen LogP contribution in [0.15, 0.2) is 42.0 Å². The number of hydrogen-bond acceptors (Lipinski definition) is 2. The Labute approximate surface area is 153 Å². The summed E-state index contributed by atoms with van der Waals surface area (Å²) in [4.78, 5) is 14.9. The molecule has 0 saturated carbocycles. The zero-order valence-corrected chi connectivity index (χ0v) is 16.0. The standard InChI is InChI=1S/C22H33NO2/c1-4-5-7-13-20-14-10-15-21(16-18(2)3)23(20)22(24)25-17-19-11-8-6-9-12-19/h6,8-9,11-12,16,20-21H,4-5,7,10,13-15,17H2,1-3H3/t20-,21-/m1/s1. The fourth-order valence-electron chi connectivity index (χ4n) is 3.65. The number of carbonyl (C=O) groups is 1. The van der Waals surface area contributed by atoms with Crippen LogP contribution >= 0.6 is 0 Å². The molecule has 1 amide bonds. The van der Waals surface area contributed by atoms with Crippen LogP contribution in [-0.2, 0) is 11.3 Å². The van der Waals surface area contributed by atoms with Crippen molar-refractivity contribution in [3.05, 3.63) is 47.5 Å². The SMILES string of the molecule is CCCCC[C@@H]1CCC[C@H](C=C(C)C)N1C(=O)OCc1ccccc1. The van der Waals surface area contributed by atoms with E-state index >= 15 is 0 Å². The first-order chi connectivity index (χ1) is 12.1. The minimum Gasteiger partial charge on any atom is -0.445 e. The Balaban J connectivity index is 2.06. The van der Waals surface area contributed by atoms with E-state index in [1.807, 2.05) is 35.2 Å². The molecule has 1 aliphatic rings. The average Bonchev–Trinajstić information content (AvgIpc) is 2.60. The van der Waals surface area contributed by atoms with Gasteiger partial charge in [-0.05, 0) is 45.1 Å². The predicted molar refractivity (Wildman–Crippen MR) is 103 cm³/mol. The van der Waals surface area contributed by atoms with Crippen molar-refractivity contribution in [2.24, 2.45) is 0 Å². The van der Waals surface area contributed by atoms with Gasteiger partial charge in [0, 0.05) is 6.04 Å². The molecule has 2 rings (SSSR count). The Morgan fingerprint density at radius 1 is 1.20 bits per heavy atom. The number of unbranched alkanes of at least 4 members (excludes halogenated alkanes) is 2. The first-order valence-corrected chi connectivity index (χ1v) is 9.76. The minimum absolute atomic E-state index is 0.160. The normalized spacial score (nSPS) is 20.2. The number of piperidine rings is 1. The van der Waals surface area contributed by atoms with Crippen molar-refractivity contribution in [3.8, 4) is 0 Å². The van der Waals surface area contributed by atoms with Gasteiger partial charge in [-0.25, -0.2) is 4.79 Å². The molecule has 1 aromatic rings. The van der Waals surface area contributed by atoms with Crippen molar-refractivity contribution in [1.29, 1.82) is 0 Å². The summed E-state index contributed by atoms with van der Waals surface area (Å²) >= 11 is 0. The molecular formula is C22H33NO2. The molecule has 138 valence electrons. The molecule has 25 heavy (non-hydrogen) atoms. The summed E-state index contributed by atoms with van der Waals surface area (Å²) in [7, 11) is 0. The van der Waals surface area contributed by atoms with Gasteiger partial charge in [-0.1, -0.05) is 68.2 Å². The summed E-state index contributed by atoms with van der Waals surface area (Å²) in [6.07, 6.45) is 10.1. The van der Waals surface area contributed by atoms with Crippen LogP contribution in [0.4, 0.5) is 4.79 Å². The van der Waals surface area contributed by atoms with E-state index in [0.29, 0.717) is 12.6 Å². The minimum atomic E-state index is -0.160. The van der Waals surface area contributed by atoms with Gasteiger partial charge >= 0.3 is 6.09 Å². The third-order valence-corrected chi connectivity index (χ3v) is 4.87. The molecule has 2 atom stereocenters. The van der Waals surface area contributed by atoms with E-state index in [4.69, 9.17) is 4.74 Å². The summed E-state index contributed by atoms with van der Waals surface area (Å²) in [6, 6.07) is 10.4. The highest BCUT2D eigenvalue weighted by molar-refractivity contribution is 5.69. The highest BCUT2D eigenvalue weighted by atomic mass is 16.6. The van der Waals surface area contributed by atoms with Crippen LogP contribution in [0.5, 0.6) is 0 Å². The zero-order valence-electron chi connectivity index (χ0n) is 16.0. The molecule has 1 aromatic carbocycles. The van der Waals surface area contributed by atoms with Gasteiger partial charge in [-0.2, -0.15) is 0 Å². The van der Waals surface area contributed by atoms with Gasteiger partial charge < -0.3 is 4.74 Å². The van der Waals surface area contributed by atoms with Gasteiger partial charge in [0.1, 0.15) is 6.61 Å². The monoisotopic (exact) mass is 343 g/mol. The van der Waals surface area contributed by atoms with Gasteiger partial charge in [0.15, 0.2) is 0 Å². The second kappa shape index (κ2) is 10.3. The number of allylic oxidation sites excluding steroid dienone is 1. The Bertz CT molecular complexity index is 548. The van der Waals surface area contributed by atoms with Crippen molar-refractivity contribution >= 4 is 6.09 Å². The van der Waals surface area contributed by atoms with E-state index in [0.717, 1.165) is 24.8 Å². The van der Waals surface area contributed by atoms with Gasteiger partial charge in [0.05, 0.1) is 6.04 Å². The predicted octanol–water partition coefficient (Wildman–Crippen LogP) is 6.09. The summed E-state index contributed by atoms with van der Waals surface area (Å²) < 4.78 is 5.67. The van der Waals surface area contributed by atoms with Crippen LogP contribution in [0, 0.1) is 0 Å². The van der Waals surface area contributed by atoms with Crippen LogP contribution in [0.3, 0.4) is 0 Å². The van der Waals surface area contributed by atoms with E-state index in [-0.39, 0.29) is 12.1 Å². The average molecular weight is 344 g/mol. The lowest BCUT2D eigenvalue weighted by atomic mass is 9.91. The zero-order chi connectivity index (χ0) is 18.1. The number of ether oxygens (including phenoxy) is 1. The highest BCUT2D eigenvalue weighted by Gasteiger charge is 2.33. The molecule has 0 N–H and O–H groups in total. The molecular weight excluding hydrogens is 310 g/mol. The Morgan fingerprint density at radius 3 is 2.64 bits per heavy atom. The summed E-state index contributed by atoms with van der Waals surface area (Å²) in [5.41, 5.74) is 2.30. The Hall–Kier alpha value is -1.77. The lowest BCUT2D eigenvalue weighted by Gasteiger charge is -2.40. The molecule has 1 saturated heterocycles. The fraction of sp³-hybridized carbons (Fsp3) is 0.591. The third-order valence-electron chi connectivity index (χ3n) is 4.87. The topological polar surface area (TPSA) is 29.5 Å². The number of rotatable bonds is 7. The van der Waals surface area contributed by atoms with Gasteiger partial charge in [0.2, 0.25) is 0 Å². The van der Waals surface area contributed by atoms with Crippen LogP contribution < -0.4 is 0 Å². The van der Waals surface area contributed by atoms with Crippen molar-refractivity contribution in [3.63, 3.8) is 0 Å². The smallest absolute Gasteiger partial charge is 0.410 e. The van der Waals surface area contributed by atoms with Crippen molar-refractivity contribution in [2.45, 2.75) is 84.4 Å². The van der Waals surface area contributed by atoms with Gasteiger partial charge in [-0.15, -0.1) is 0 Å². The Kier molecular flexibility index (Phi) is 8.03. The largest absolute Gasteiger partial charge is 0.445 e. The maximum Gasteiger partial charge on any atom is 0.410 e. The molecule has 0 unspecified atom stereocenters. The number of nitrogens with zero attached hydrogens (tertiary/aromatic N) is 1. The van der Waals surface area contributed by atoms with Crippen LogP contribution in [0.2, 0.25) is 0 Å². The van der Waals surface area contributed by atoms with E-state index in [2.05, 4.69) is 26.8 Å². The number of likely N-dealkylation sites (tertiary alicyclic amines) is 1. The number of amides is 1. The summed E-state index contributed by atoms with van der Waals surface area (Å²) in [5, 5.41) is 0. The highest BCUT2D eigenvalue weighted by Crippen LogP contribution is 2.29. The molecule has 0 spiro atoms. The van der Waals surface area contributed by atoms with Crippen molar-refractivity contribution in [1.82, 2.24) is 4.90 Å². The number of hydrogen-bond donors (Lipinski definition) is 0. The van der Waals surface area contributed by atoms with Gasteiger partial charge in [-0.3, -0.25) is 4.90 Å². The summed E-state index contributed by atoms with van der Waals surface area (Å²) in [6.45, 7) is 6.78. The molecule has 0 radical (unpaired) electrons. The van der Waals surface area contributed by atoms with Crippen molar-refractivity contribution in [2.75, 3.05) is 0 Å². The van der Waals surface area contributed by atoms with Gasteiger partial charge in [0.25, 0.3) is 0 Å². The Morgan fingerprint density at radius 2 is 1.96 bits per heavy atom. The first-order valence-electron chi connectivity index (χ1n) is 9.76. The molecule has 1 aliphatic heterocycles. The number of benzene rings is 1. The van der Waals surface area contributed by atoms with Crippen LogP contribution in [0.25, 0.3) is 0 Å². The molecule has 0 aliphatic carbocycles. The van der Waals surface area contributed by atoms with E-state index < -0.39 is 0 Å². The van der Waals surface area contributed by atoms with E-state index in [9.17, 15) is 4.79 Å². The molecule has 0 aromatic heterocycles.